The number of hydrogen-bond donors (Lipinski definition) is 2. The van der Waals surface area contributed by atoms with E-state index in [4.69, 9.17) is 5.73 Å². The van der Waals surface area contributed by atoms with Gasteiger partial charge in [-0.15, -0.1) is 12.4 Å². The molecule has 3 N–H and O–H groups in total. The maximum Gasteiger partial charge on any atom is 0.0959 e. The molecule has 0 amide bonds. The van der Waals surface area contributed by atoms with Crippen molar-refractivity contribution in [1.82, 2.24) is 9.55 Å². The fourth-order valence-electron chi connectivity index (χ4n) is 2.52. The predicted molar refractivity (Wildman–Crippen MR) is 101 cm³/mol. The molecule has 0 aliphatic heterocycles. The average molecular weight is 352 g/mol. The smallest absolute Gasteiger partial charge is 0.0959 e. The van der Waals surface area contributed by atoms with E-state index in [9.17, 15) is 5.11 Å². The Morgan fingerprint density at radius 1 is 1.04 bits per heavy atom. The molecule has 23 heavy (non-hydrogen) atoms. The number of fused-ring (bicyclic) bond motifs is 1. The molecule has 0 radical (unpaired) electrons. The van der Waals surface area contributed by atoms with Crippen LogP contribution in [-0.4, -0.2) is 26.8 Å². The normalized spacial score (nSPS) is 13.0. The molecule has 0 saturated carbocycles. The van der Waals surface area contributed by atoms with Gasteiger partial charge in [-0.1, -0.05) is 42.5 Å². The van der Waals surface area contributed by atoms with Gasteiger partial charge in [0.2, 0.25) is 0 Å². The van der Waals surface area contributed by atoms with E-state index in [1.807, 2.05) is 59.2 Å². The number of hydrogen-bond acceptors (Lipinski definition) is 3. The number of benzene rings is 2. The highest BCUT2D eigenvalue weighted by atomic mass is 35.5. The van der Waals surface area contributed by atoms with Gasteiger partial charge in [0.1, 0.15) is 0 Å². The van der Waals surface area contributed by atoms with Crippen LogP contribution in [0.3, 0.4) is 0 Å². The third kappa shape index (κ3) is 4.72. The first-order valence-corrected chi connectivity index (χ1v) is 7.11. The topological polar surface area (TPSA) is 64.1 Å². The lowest BCUT2D eigenvalue weighted by Gasteiger charge is -2.19. The van der Waals surface area contributed by atoms with Crippen molar-refractivity contribution < 1.29 is 5.11 Å². The van der Waals surface area contributed by atoms with Crippen molar-refractivity contribution in [3.63, 3.8) is 0 Å². The maximum absolute atomic E-state index is 10.3. The van der Waals surface area contributed by atoms with E-state index >= 15 is 0 Å². The van der Waals surface area contributed by atoms with Crippen LogP contribution in [0.25, 0.3) is 11.0 Å². The monoisotopic (exact) mass is 351 g/mol. The van der Waals surface area contributed by atoms with Gasteiger partial charge >= 0.3 is 0 Å². The summed E-state index contributed by atoms with van der Waals surface area (Å²) in [5.41, 5.74) is 9.21. The van der Waals surface area contributed by atoms with Crippen LogP contribution in [0.5, 0.6) is 0 Å². The molecule has 0 bridgehead atoms. The highest BCUT2D eigenvalue weighted by molar-refractivity contribution is 7.59. The molecular formula is C17H22ClN3OS. The zero-order chi connectivity index (χ0) is 14.7. The summed E-state index contributed by atoms with van der Waals surface area (Å²) < 4.78 is 1.95. The van der Waals surface area contributed by atoms with Crippen molar-refractivity contribution in [1.29, 1.82) is 0 Å². The fraction of sp³-hybridized carbons (Fsp3) is 0.235. The summed E-state index contributed by atoms with van der Waals surface area (Å²) in [6.07, 6.45) is 1.81. The molecule has 0 saturated heterocycles. The van der Waals surface area contributed by atoms with Gasteiger partial charge < -0.3 is 15.4 Å². The maximum atomic E-state index is 10.3. The Kier molecular flexibility index (Phi) is 7.58. The van der Waals surface area contributed by atoms with E-state index in [1.54, 1.807) is 6.33 Å². The third-order valence-electron chi connectivity index (χ3n) is 3.72. The summed E-state index contributed by atoms with van der Waals surface area (Å²) in [6.45, 7) is 0.453. The van der Waals surface area contributed by atoms with E-state index in [0.29, 0.717) is 13.0 Å². The molecule has 1 aromatic heterocycles. The van der Waals surface area contributed by atoms with E-state index in [-0.39, 0.29) is 31.9 Å². The number of aliphatic hydroxyl groups excluding tert-OH is 1. The van der Waals surface area contributed by atoms with Gasteiger partial charge in [-0.2, -0.15) is 13.5 Å². The number of aliphatic hydroxyl groups is 1. The zero-order valence-electron chi connectivity index (χ0n) is 12.7. The largest absolute Gasteiger partial charge is 0.390 e. The second-order valence-corrected chi connectivity index (χ2v) is 5.31. The third-order valence-corrected chi connectivity index (χ3v) is 3.72. The minimum absolute atomic E-state index is 0. The second kappa shape index (κ2) is 8.93. The lowest BCUT2D eigenvalue weighted by Crippen LogP contribution is -2.39. The number of rotatable bonds is 5. The van der Waals surface area contributed by atoms with Gasteiger partial charge in [0.15, 0.2) is 0 Å². The number of nitrogens with two attached hydrogens (primary N) is 1. The van der Waals surface area contributed by atoms with Gasteiger partial charge in [-0.25, -0.2) is 4.98 Å². The molecule has 1 heterocycles. The number of para-hydroxylation sites is 2. The highest BCUT2D eigenvalue weighted by Gasteiger charge is 2.16. The predicted octanol–water partition coefficient (Wildman–Crippen LogP) is 2.50. The van der Waals surface area contributed by atoms with E-state index in [1.165, 1.54) is 0 Å². The number of aromatic nitrogens is 2. The molecule has 2 atom stereocenters. The molecule has 0 spiro atoms. The Labute approximate surface area is 149 Å². The summed E-state index contributed by atoms with van der Waals surface area (Å²) in [7, 11) is 0. The van der Waals surface area contributed by atoms with Gasteiger partial charge in [0, 0.05) is 6.04 Å². The van der Waals surface area contributed by atoms with Crippen LogP contribution in [0.1, 0.15) is 5.56 Å². The van der Waals surface area contributed by atoms with Crippen molar-refractivity contribution in [2.75, 3.05) is 0 Å². The van der Waals surface area contributed by atoms with Crippen molar-refractivity contribution in [3.05, 3.63) is 66.5 Å². The summed E-state index contributed by atoms with van der Waals surface area (Å²) in [6, 6.07) is 17.6. The lowest BCUT2D eigenvalue weighted by atomic mass is 10.0. The molecule has 124 valence electrons. The molecule has 6 heteroatoms. The van der Waals surface area contributed by atoms with Gasteiger partial charge in [0.05, 0.1) is 30.0 Å². The molecule has 0 fully saturated rings. The van der Waals surface area contributed by atoms with Gasteiger partial charge in [0.25, 0.3) is 0 Å². The van der Waals surface area contributed by atoms with Gasteiger partial charge in [-0.05, 0) is 24.1 Å². The molecule has 0 aliphatic rings. The van der Waals surface area contributed by atoms with Crippen molar-refractivity contribution in [2.24, 2.45) is 5.73 Å². The Morgan fingerprint density at radius 3 is 2.43 bits per heavy atom. The fourth-order valence-corrected chi connectivity index (χ4v) is 2.52. The lowest BCUT2D eigenvalue weighted by molar-refractivity contribution is 0.126. The first-order chi connectivity index (χ1) is 10.2. The molecule has 0 aliphatic carbocycles. The molecular weight excluding hydrogens is 330 g/mol. The van der Waals surface area contributed by atoms with Crippen molar-refractivity contribution in [3.8, 4) is 0 Å². The molecule has 4 nitrogen and oxygen atoms in total. The molecule has 0 unspecified atom stereocenters. The zero-order valence-corrected chi connectivity index (χ0v) is 14.5. The molecule has 3 rings (SSSR count). The highest BCUT2D eigenvalue weighted by Crippen LogP contribution is 2.13. The van der Waals surface area contributed by atoms with Crippen LogP contribution >= 0.6 is 25.9 Å². The summed E-state index contributed by atoms with van der Waals surface area (Å²) in [5.74, 6) is 0. The van der Waals surface area contributed by atoms with Crippen LogP contribution in [0.4, 0.5) is 0 Å². The quantitative estimate of drug-likeness (QED) is 0.742. The van der Waals surface area contributed by atoms with Gasteiger partial charge in [-0.3, -0.25) is 0 Å². The summed E-state index contributed by atoms with van der Waals surface area (Å²) in [4.78, 5) is 4.33. The van der Waals surface area contributed by atoms with E-state index in [2.05, 4.69) is 4.98 Å². The van der Waals surface area contributed by atoms with Crippen LogP contribution in [0.2, 0.25) is 0 Å². The average Bonchev–Trinajstić information content (AvgIpc) is 2.91. The van der Waals surface area contributed by atoms with E-state index in [0.717, 1.165) is 16.6 Å². The first kappa shape index (κ1) is 19.5. The molecule has 2 aromatic carbocycles. The number of halogens is 1. The van der Waals surface area contributed by atoms with E-state index < -0.39 is 6.10 Å². The SMILES string of the molecule is Cl.N[C@H](Cc1ccccc1)[C@@H](O)Cn1cnc2ccccc21.S. The van der Waals surface area contributed by atoms with Crippen molar-refractivity contribution >= 4 is 36.9 Å². The Hall–Kier alpha value is -1.53. The summed E-state index contributed by atoms with van der Waals surface area (Å²) >= 11 is 0. The molecule has 3 aromatic rings. The second-order valence-electron chi connectivity index (χ2n) is 5.31. The standard InChI is InChI=1S/C17H19N3O.ClH.H2S/c18-14(10-13-6-2-1-3-7-13)17(21)11-20-12-19-15-8-4-5-9-16(15)20;;/h1-9,12,14,17,21H,10-11,18H2;1H;1H2/t14-,17+;;/m1../s1. The van der Waals surface area contributed by atoms with Crippen LogP contribution in [-0.2, 0) is 13.0 Å². The first-order valence-electron chi connectivity index (χ1n) is 7.11. The van der Waals surface area contributed by atoms with Crippen LogP contribution in [0.15, 0.2) is 60.9 Å². The Bertz CT molecular complexity index is 720. The Balaban J connectivity index is 0.00000132. The van der Waals surface area contributed by atoms with Crippen LogP contribution < -0.4 is 5.73 Å². The Morgan fingerprint density at radius 2 is 1.70 bits per heavy atom. The minimum Gasteiger partial charge on any atom is -0.390 e. The minimum atomic E-state index is -0.609. The number of imidazole rings is 1. The van der Waals surface area contributed by atoms with Crippen molar-refractivity contribution in [2.45, 2.75) is 25.1 Å². The van der Waals surface area contributed by atoms with Crippen LogP contribution in [0, 0.1) is 0 Å². The summed E-state index contributed by atoms with van der Waals surface area (Å²) in [5, 5.41) is 10.3. The number of nitrogens with zero attached hydrogens (tertiary/aromatic N) is 2.